The summed E-state index contributed by atoms with van der Waals surface area (Å²) < 4.78 is 0. The van der Waals surface area contributed by atoms with Crippen molar-refractivity contribution in [3.63, 3.8) is 0 Å². The summed E-state index contributed by atoms with van der Waals surface area (Å²) in [4.78, 5) is 8.48. The molecule has 0 aliphatic heterocycles. The lowest BCUT2D eigenvalue weighted by Crippen LogP contribution is -2.36. The second kappa shape index (κ2) is 7.43. The van der Waals surface area contributed by atoms with E-state index in [0.29, 0.717) is 18.1 Å². The topological polar surface area (TPSA) is 70.1 Å². The smallest absolute Gasteiger partial charge is 0.147 e. The standard InChI is InChI=1S/C12H22N4OS/c1-4-5-14-10-6-13-7-11(16-10)15-8-12(2,17)9-18-3/h6-7,17H,4-5,8-9H2,1-3H3,(H2,14,15,16). The van der Waals surface area contributed by atoms with Crippen LogP contribution in [0.15, 0.2) is 12.4 Å². The second-order valence-electron chi connectivity index (χ2n) is 4.50. The first-order valence-electron chi connectivity index (χ1n) is 6.08. The summed E-state index contributed by atoms with van der Waals surface area (Å²) in [5, 5.41) is 16.3. The highest BCUT2D eigenvalue weighted by Gasteiger charge is 2.19. The molecule has 1 heterocycles. The molecule has 6 heteroatoms. The average molecular weight is 270 g/mol. The zero-order valence-electron chi connectivity index (χ0n) is 11.2. The molecule has 0 saturated heterocycles. The van der Waals surface area contributed by atoms with Gasteiger partial charge >= 0.3 is 0 Å². The summed E-state index contributed by atoms with van der Waals surface area (Å²) >= 11 is 1.62. The van der Waals surface area contributed by atoms with E-state index in [1.54, 1.807) is 24.2 Å². The van der Waals surface area contributed by atoms with E-state index in [9.17, 15) is 5.11 Å². The molecule has 5 nitrogen and oxygen atoms in total. The summed E-state index contributed by atoms with van der Waals surface area (Å²) in [5.41, 5.74) is -0.742. The molecule has 0 aliphatic carbocycles. The number of rotatable bonds is 8. The van der Waals surface area contributed by atoms with Crippen molar-refractivity contribution in [1.29, 1.82) is 0 Å². The van der Waals surface area contributed by atoms with Crippen LogP contribution in [0.5, 0.6) is 0 Å². The van der Waals surface area contributed by atoms with Crippen molar-refractivity contribution >= 4 is 23.4 Å². The van der Waals surface area contributed by atoms with E-state index in [4.69, 9.17) is 0 Å². The molecule has 1 rings (SSSR count). The number of aromatic nitrogens is 2. The summed E-state index contributed by atoms with van der Waals surface area (Å²) in [7, 11) is 0. The maximum atomic E-state index is 10.0. The number of thioether (sulfide) groups is 1. The quantitative estimate of drug-likeness (QED) is 0.669. The molecule has 0 aliphatic rings. The summed E-state index contributed by atoms with van der Waals surface area (Å²) in [6, 6.07) is 0. The Labute approximate surface area is 113 Å². The Hall–Kier alpha value is -1.01. The number of aliphatic hydroxyl groups is 1. The van der Waals surface area contributed by atoms with Crippen molar-refractivity contribution in [2.24, 2.45) is 0 Å². The van der Waals surface area contributed by atoms with Crippen molar-refractivity contribution in [2.75, 3.05) is 35.7 Å². The van der Waals surface area contributed by atoms with Crippen LogP contribution in [-0.2, 0) is 0 Å². The first-order chi connectivity index (χ1) is 8.57. The Bertz CT molecular complexity index is 360. The first-order valence-corrected chi connectivity index (χ1v) is 7.48. The van der Waals surface area contributed by atoms with Gasteiger partial charge in [0.05, 0.1) is 18.0 Å². The van der Waals surface area contributed by atoms with Crippen LogP contribution < -0.4 is 10.6 Å². The average Bonchev–Trinajstić information content (AvgIpc) is 2.35. The van der Waals surface area contributed by atoms with E-state index in [0.717, 1.165) is 18.8 Å². The molecule has 0 radical (unpaired) electrons. The molecule has 1 aromatic rings. The van der Waals surface area contributed by atoms with Crippen molar-refractivity contribution in [2.45, 2.75) is 25.9 Å². The van der Waals surface area contributed by atoms with Gasteiger partial charge in [-0.15, -0.1) is 0 Å². The second-order valence-corrected chi connectivity index (χ2v) is 5.37. The third-order valence-electron chi connectivity index (χ3n) is 2.30. The van der Waals surface area contributed by atoms with E-state index >= 15 is 0 Å². The Kier molecular flexibility index (Phi) is 6.21. The van der Waals surface area contributed by atoms with Gasteiger partial charge in [-0.1, -0.05) is 6.92 Å². The summed E-state index contributed by atoms with van der Waals surface area (Å²) in [6.45, 7) is 5.24. The summed E-state index contributed by atoms with van der Waals surface area (Å²) in [5.74, 6) is 2.12. The van der Waals surface area contributed by atoms with Gasteiger partial charge in [0.15, 0.2) is 0 Å². The molecule has 1 atom stereocenters. The minimum atomic E-state index is -0.742. The third-order valence-corrected chi connectivity index (χ3v) is 3.21. The molecule has 3 N–H and O–H groups in total. The number of nitrogens with zero attached hydrogens (tertiary/aromatic N) is 2. The highest BCUT2D eigenvalue weighted by molar-refractivity contribution is 7.98. The fourth-order valence-electron chi connectivity index (χ4n) is 1.43. The number of anilines is 2. The van der Waals surface area contributed by atoms with E-state index in [1.165, 1.54) is 0 Å². The highest BCUT2D eigenvalue weighted by Crippen LogP contribution is 2.12. The van der Waals surface area contributed by atoms with Crippen molar-refractivity contribution in [1.82, 2.24) is 9.97 Å². The van der Waals surface area contributed by atoms with Gasteiger partial charge in [-0.2, -0.15) is 11.8 Å². The molecule has 0 amide bonds. The maximum absolute atomic E-state index is 10.0. The van der Waals surface area contributed by atoms with Crippen LogP contribution in [0.3, 0.4) is 0 Å². The SMILES string of the molecule is CCCNc1cncc(NCC(C)(O)CSC)n1. The van der Waals surface area contributed by atoms with Gasteiger partial charge < -0.3 is 15.7 Å². The van der Waals surface area contributed by atoms with Gasteiger partial charge in [-0.3, -0.25) is 4.98 Å². The number of hydrogen-bond donors (Lipinski definition) is 3. The molecule has 0 fully saturated rings. The zero-order valence-corrected chi connectivity index (χ0v) is 12.0. The molecular weight excluding hydrogens is 248 g/mol. The van der Waals surface area contributed by atoms with Crippen LogP contribution in [0.1, 0.15) is 20.3 Å². The lowest BCUT2D eigenvalue weighted by Gasteiger charge is -2.22. The van der Waals surface area contributed by atoms with Crippen LogP contribution >= 0.6 is 11.8 Å². The number of nitrogens with one attached hydrogen (secondary N) is 2. The van der Waals surface area contributed by atoms with E-state index < -0.39 is 5.60 Å². The predicted octanol–water partition coefficient (Wildman–Crippen LogP) is 1.82. The normalized spacial score (nSPS) is 14.0. The van der Waals surface area contributed by atoms with Crippen LogP contribution in [0.25, 0.3) is 0 Å². The third kappa shape index (κ3) is 5.55. The fourth-order valence-corrected chi connectivity index (χ4v) is 2.16. The van der Waals surface area contributed by atoms with Crippen LogP contribution in [-0.4, -0.2) is 45.8 Å². The van der Waals surface area contributed by atoms with E-state index in [-0.39, 0.29) is 0 Å². The lowest BCUT2D eigenvalue weighted by atomic mass is 10.1. The van der Waals surface area contributed by atoms with Gasteiger partial charge in [0.25, 0.3) is 0 Å². The molecule has 18 heavy (non-hydrogen) atoms. The highest BCUT2D eigenvalue weighted by atomic mass is 32.2. The van der Waals surface area contributed by atoms with Gasteiger partial charge in [-0.25, -0.2) is 4.98 Å². The Morgan fingerprint density at radius 2 is 2.00 bits per heavy atom. The minimum Gasteiger partial charge on any atom is -0.387 e. The van der Waals surface area contributed by atoms with Crippen LogP contribution in [0, 0.1) is 0 Å². The maximum Gasteiger partial charge on any atom is 0.147 e. The Morgan fingerprint density at radius 1 is 1.33 bits per heavy atom. The molecule has 0 spiro atoms. The molecule has 102 valence electrons. The molecule has 1 aromatic heterocycles. The Morgan fingerprint density at radius 3 is 2.61 bits per heavy atom. The number of hydrogen-bond acceptors (Lipinski definition) is 6. The zero-order chi connectivity index (χ0) is 13.4. The molecular formula is C12H22N4OS. The molecule has 1 unspecified atom stereocenters. The van der Waals surface area contributed by atoms with Gasteiger partial charge in [0, 0.05) is 18.8 Å². The summed E-state index contributed by atoms with van der Waals surface area (Å²) in [6.07, 6.45) is 6.37. The van der Waals surface area contributed by atoms with Gasteiger partial charge in [-0.05, 0) is 19.6 Å². The van der Waals surface area contributed by atoms with Crippen LogP contribution in [0.2, 0.25) is 0 Å². The van der Waals surface area contributed by atoms with Crippen molar-refractivity contribution in [3.05, 3.63) is 12.4 Å². The van der Waals surface area contributed by atoms with Crippen molar-refractivity contribution < 1.29 is 5.11 Å². The molecule has 0 aromatic carbocycles. The monoisotopic (exact) mass is 270 g/mol. The fraction of sp³-hybridized carbons (Fsp3) is 0.667. The van der Waals surface area contributed by atoms with E-state index in [1.807, 2.05) is 13.2 Å². The Balaban J connectivity index is 2.51. The van der Waals surface area contributed by atoms with Gasteiger partial charge in [0.1, 0.15) is 11.6 Å². The molecule has 0 bridgehead atoms. The first kappa shape index (κ1) is 15.0. The predicted molar refractivity (Wildman–Crippen MR) is 78.3 cm³/mol. The lowest BCUT2D eigenvalue weighted by molar-refractivity contribution is 0.0996. The van der Waals surface area contributed by atoms with Gasteiger partial charge in [0.2, 0.25) is 0 Å². The minimum absolute atomic E-state index is 0.458. The van der Waals surface area contributed by atoms with Crippen molar-refractivity contribution in [3.8, 4) is 0 Å². The molecule has 0 saturated carbocycles. The largest absolute Gasteiger partial charge is 0.387 e. The van der Waals surface area contributed by atoms with E-state index in [2.05, 4.69) is 27.5 Å². The van der Waals surface area contributed by atoms with Crippen LogP contribution in [0.4, 0.5) is 11.6 Å².